The summed E-state index contributed by atoms with van der Waals surface area (Å²) in [7, 11) is 1.56. The standard InChI is InChI=1S/C9H13NO2.ClH/c1-6(10)9-7(11)4-3-5-8(9)12-2;/h3-6,11H,10H2,1-2H3;1H/t6-;/m1./s1. The molecule has 0 aromatic heterocycles. The number of rotatable bonds is 2. The Morgan fingerprint density at radius 1 is 1.46 bits per heavy atom. The van der Waals surface area contributed by atoms with Gasteiger partial charge in [-0.1, -0.05) is 6.07 Å². The third-order valence-electron chi connectivity index (χ3n) is 1.72. The summed E-state index contributed by atoms with van der Waals surface area (Å²) < 4.78 is 5.05. The van der Waals surface area contributed by atoms with Gasteiger partial charge >= 0.3 is 0 Å². The van der Waals surface area contributed by atoms with Crippen molar-refractivity contribution in [3.8, 4) is 11.5 Å². The van der Waals surface area contributed by atoms with E-state index < -0.39 is 0 Å². The van der Waals surface area contributed by atoms with Crippen molar-refractivity contribution >= 4 is 12.4 Å². The lowest BCUT2D eigenvalue weighted by Crippen LogP contribution is -2.07. The highest BCUT2D eigenvalue weighted by Gasteiger charge is 2.11. The van der Waals surface area contributed by atoms with Crippen LogP contribution in [0.1, 0.15) is 18.5 Å². The van der Waals surface area contributed by atoms with Crippen molar-refractivity contribution in [2.45, 2.75) is 13.0 Å². The lowest BCUT2D eigenvalue weighted by atomic mass is 10.1. The molecule has 74 valence electrons. The van der Waals surface area contributed by atoms with Gasteiger partial charge in [0.15, 0.2) is 0 Å². The van der Waals surface area contributed by atoms with Crippen molar-refractivity contribution in [2.24, 2.45) is 5.73 Å². The summed E-state index contributed by atoms with van der Waals surface area (Å²) in [5.41, 5.74) is 6.30. The number of hydrogen-bond donors (Lipinski definition) is 2. The minimum absolute atomic E-state index is 0. The van der Waals surface area contributed by atoms with Crippen molar-refractivity contribution < 1.29 is 9.84 Å². The summed E-state index contributed by atoms with van der Waals surface area (Å²) in [6, 6.07) is 4.88. The van der Waals surface area contributed by atoms with E-state index in [9.17, 15) is 5.11 Å². The van der Waals surface area contributed by atoms with Gasteiger partial charge in [-0.15, -0.1) is 12.4 Å². The summed E-state index contributed by atoms with van der Waals surface area (Å²) in [5.74, 6) is 0.814. The molecule has 0 bridgehead atoms. The highest BCUT2D eigenvalue weighted by atomic mass is 35.5. The van der Waals surface area contributed by atoms with E-state index in [0.29, 0.717) is 11.3 Å². The molecular formula is C9H14ClNO2. The van der Waals surface area contributed by atoms with Gasteiger partial charge in [-0.05, 0) is 19.1 Å². The van der Waals surface area contributed by atoms with Crippen LogP contribution < -0.4 is 10.5 Å². The van der Waals surface area contributed by atoms with E-state index in [0.717, 1.165) is 0 Å². The molecular weight excluding hydrogens is 190 g/mol. The van der Waals surface area contributed by atoms with E-state index in [1.807, 2.05) is 0 Å². The second-order valence-corrected chi connectivity index (χ2v) is 2.68. The van der Waals surface area contributed by atoms with E-state index in [4.69, 9.17) is 10.5 Å². The van der Waals surface area contributed by atoms with Crippen molar-refractivity contribution in [1.82, 2.24) is 0 Å². The molecule has 0 amide bonds. The number of phenols is 1. The molecule has 1 rings (SSSR count). The zero-order valence-corrected chi connectivity index (χ0v) is 8.47. The molecule has 0 spiro atoms. The average Bonchev–Trinajstić information content (AvgIpc) is 2.03. The number of hydrogen-bond acceptors (Lipinski definition) is 3. The van der Waals surface area contributed by atoms with Crippen LogP contribution in [0.15, 0.2) is 18.2 Å². The summed E-state index contributed by atoms with van der Waals surface area (Å²) in [4.78, 5) is 0. The van der Waals surface area contributed by atoms with Gasteiger partial charge in [0.25, 0.3) is 0 Å². The van der Waals surface area contributed by atoms with Crippen molar-refractivity contribution in [1.29, 1.82) is 0 Å². The molecule has 0 saturated carbocycles. The Hall–Kier alpha value is -0.930. The number of phenolic OH excluding ortho intramolecular Hbond substituents is 1. The number of ether oxygens (including phenoxy) is 1. The number of halogens is 1. The zero-order valence-electron chi connectivity index (χ0n) is 7.65. The van der Waals surface area contributed by atoms with Crippen LogP contribution >= 0.6 is 12.4 Å². The smallest absolute Gasteiger partial charge is 0.127 e. The van der Waals surface area contributed by atoms with Gasteiger partial charge in [-0.25, -0.2) is 0 Å². The molecule has 0 aliphatic rings. The summed E-state index contributed by atoms with van der Waals surface area (Å²) in [6.45, 7) is 1.80. The maximum atomic E-state index is 9.43. The molecule has 0 unspecified atom stereocenters. The normalized spacial score (nSPS) is 11.6. The van der Waals surface area contributed by atoms with E-state index in [1.54, 1.807) is 32.2 Å². The maximum absolute atomic E-state index is 9.43. The Morgan fingerprint density at radius 2 is 2.08 bits per heavy atom. The minimum Gasteiger partial charge on any atom is -0.507 e. The Morgan fingerprint density at radius 3 is 2.46 bits per heavy atom. The molecule has 13 heavy (non-hydrogen) atoms. The Labute approximate surface area is 83.9 Å². The summed E-state index contributed by atoms with van der Waals surface area (Å²) >= 11 is 0. The predicted octanol–water partition coefficient (Wildman–Crippen LogP) is 1.84. The van der Waals surface area contributed by atoms with E-state index in [1.165, 1.54) is 0 Å². The Bertz CT molecular complexity index is 276. The van der Waals surface area contributed by atoms with Crippen LogP contribution in [0.25, 0.3) is 0 Å². The van der Waals surface area contributed by atoms with Crippen LogP contribution in [0, 0.1) is 0 Å². The van der Waals surface area contributed by atoms with Crippen molar-refractivity contribution in [3.05, 3.63) is 23.8 Å². The highest BCUT2D eigenvalue weighted by Crippen LogP contribution is 2.31. The first kappa shape index (κ1) is 12.1. The van der Waals surface area contributed by atoms with Crippen LogP contribution in [0.5, 0.6) is 11.5 Å². The fourth-order valence-electron chi connectivity index (χ4n) is 1.17. The van der Waals surface area contributed by atoms with Crippen LogP contribution in [0.4, 0.5) is 0 Å². The van der Waals surface area contributed by atoms with Crippen LogP contribution in [0.2, 0.25) is 0 Å². The first-order chi connectivity index (χ1) is 5.66. The molecule has 0 aliphatic heterocycles. The molecule has 0 saturated heterocycles. The molecule has 1 aromatic carbocycles. The van der Waals surface area contributed by atoms with Gasteiger partial charge in [0.2, 0.25) is 0 Å². The molecule has 4 heteroatoms. The van der Waals surface area contributed by atoms with Crippen LogP contribution in [0.3, 0.4) is 0 Å². The van der Waals surface area contributed by atoms with Gasteiger partial charge in [-0.3, -0.25) is 0 Å². The minimum atomic E-state index is -0.221. The number of nitrogens with two attached hydrogens (primary N) is 1. The summed E-state index contributed by atoms with van der Waals surface area (Å²) in [5, 5.41) is 9.43. The maximum Gasteiger partial charge on any atom is 0.127 e. The number of aromatic hydroxyl groups is 1. The third kappa shape index (κ3) is 2.50. The zero-order chi connectivity index (χ0) is 9.14. The highest BCUT2D eigenvalue weighted by molar-refractivity contribution is 5.85. The largest absolute Gasteiger partial charge is 0.507 e. The Balaban J connectivity index is 0.00000144. The van der Waals surface area contributed by atoms with E-state index >= 15 is 0 Å². The quantitative estimate of drug-likeness (QED) is 0.771. The van der Waals surface area contributed by atoms with Crippen LogP contribution in [-0.2, 0) is 0 Å². The van der Waals surface area contributed by atoms with E-state index in [2.05, 4.69) is 0 Å². The monoisotopic (exact) mass is 203 g/mol. The lowest BCUT2D eigenvalue weighted by Gasteiger charge is -2.12. The lowest BCUT2D eigenvalue weighted by molar-refractivity contribution is 0.395. The molecule has 3 N–H and O–H groups in total. The van der Waals surface area contributed by atoms with Gasteiger partial charge in [0.1, 0.15) is 11.5 Å². The van der Waals surface area contributed by atoms with Gasteiger partial charge in [-0.2, -0.15) is 0 Å². The fraction of sp³-hybridized carbons (Fsp3) is 0.333. The first-order valence-corrected chi connectivity index (χ1v) is 3.78. The molecule has 1 atom stereocenters. The first-order valence-electron chi connectivity index (χ1n) is 3.78. The van der Waals surface area contributed by atoms with Crippen molar-refractivity contribution in [3.63, 3.8) is 0 Å². The fourth-order valence-corrected chi connectivity index (χ4v) is 1.17. The van der Waals surface area contributed by atoms with Gasteiger partial charge < -0.3 is 15.6 Å². The molecule has 0 heterocycles. The predicted molar refractivity (Wildman–Crippen MR) is 54.5 cm³/mol. The number of benzene rings is 1. The van der Waals surface area contributed by atoms with E-state index in [-0.39, 0.29) is 24.2 Å². The molecule has 0 aliphatic carbocycles. The number of methoxy groups -OCH3 is 1. The Kier molecular flexibility index (Phi) is 4.59. The molecule has 0 radical (unpaired) electrons. The average molecular weight is 204 g/mol. The van der Waals surface area contributed by atoms with Crippen molar-refractivity contribution in [2.75, 3.05) is 7.11 Å². The molecule has 0 fully saturated rings. The summed E-state index contributed by atoms with van der Waals surface area (Å²) in [6.07, 6.45) is 0. The van der Waals surface area contributed by atoms with Crippen LogP contribution in [-0.4, -0.2) is 12.2 Å². The second-order valence-electron chi connectivity index (χ2n) is 2.68. The van der Waals surface area contributed by atoms with Gasteiger partial charge in [0, 0.05) is 6.04 Å². The second kappa shape index (κ2) is 4.94. The SMILES string of the molecule is COc1cccc(O)c1[C@@H](C)N.Cl. The van der Waals surface area contributed by atoms with Gasteiger partial charge in [0.05, 0.1) is 12.7 Å². The third-order valence-corrected chi connectivity index (χ3v) is 1.72. The topological polar surface area (TPSA) is 55.5 Å². The molecule has 1 aromatic rings. The molecule has 3 nitrogen and oxygen atoms in total.